The highest BCUT2D eigenvalue weighted by Gasteiger charge is 2.18. The summed E-state index contributed by atoms with van der Waals surface area (Å²) in [6, 6.07) is 7.62. The first kappa shape index (κ1) is 12.3. The first-order valence-electron chi connectivity index (χ1n) is 5.57. The number of nitrogens with one attached hydrogen (secondary N) is 3. The molecule has 1 saturated heterocycles. The topological polar surface area (TPSA) is 70.2 Å². The van der Waals surface area contributed by atoms with Gasteiger partial charge < -0.3 is 10.6 Å². The van der Waals surface area contributed by atoms with E-state index < -0.39 is 10.0 Å². The summed E-state index contributed by atoms with van der Waals surface area (Å²) in [5.74, 6) is 0. The van der Waals surface area contributed by atoms with E-state index in [1.165, 1.54) is 0 Å². The van der Waals surface area contributed by atoms with E-state index in [1.807, 2.05) is 18.2 Å². The molecule has 1 unspecified atom stereocenters. The molecule has 2 rings (SSSR count). The third-order valence-corrected chi connectivity index (χ3v) is 3.26. The molecule has 1 heterocycles. The summed E-state index contributed by atoms with van der Waals surface area (Å²) >= 11 is 0. The maximum atomic E-state index is 11.3. The molecule has 0 aliphatic carbocycles. The SMILES string of the molecule is CS(=O)(=O)Nc1ccccc1C1CNCCN1. The number of hydrogen-bond donors (Lipinski definition) is 3. The number of sulfonamides is 1. The van der Waals surface area contributed by atoms with Crippen molar-refractivity contribution < 1.29 is 8.42 Å². The second-order valence-corrected chi connectivity index (χ2v) is 5.92. The van der Waals surface area contributed by atoms with Gasteiger partial charge in [-0.25, -0.2) is 8.42 Å². The highest BCUT2D eigenvalue weighted by Crippen LogP contribution is 2.23. The minimum Gasteiger partial charge on any atom is -0.314 e. The van der Waals surface area contributed by atoms with Crippen LogP contribution in [0.3, 0.4) is 0 Å². The van der Waals surface area contributed by atoms with Crippen LogP contribution in [0.4, 0.5) is 5.69 Å². The quantitative estimate of drug-likeness (QED) is 0.726. The van der Waals surface area contributed by atoms with Crippen LogP contribution in [0, 0.1) is 0 Å². The summed E-state index contributed by atoms with van der Waals surface area (Å²) in [4.78, 5) is 0. The zero-order chi connectivity index (χ0) is 12.3. The third-order valence-electron chi connectivity index (χ3n) is 2.67. The van der Waals surface area contributed by atoms with Crippen molar-refractivity contribution in [1.82, 2.24) is 10.6 Å². The molecule has 0 aromatic heterocycles. The minimum atomic E-state index is -3.24. The lowest BCUT2D eigenvalue weighted by Crippen LogP contribution is -2.42. The van der Waals surface area contributed by atoms with E-state index in [1.54, 1.807) is 6.07 Å². The van der Waals surface area contributed by atoms with Crippen molar-refractivity contribution in [3.63, 3.8) is 0 Å². The number of rotatable bonds is 3. The largest absolute Gasteiger partial charge is 0.314 e. The summed E-state index contributed by atoms with van der Waals surface area (Å²) in [5, 5.41) is 6.65. The Balaban J connectivity index is 2.26. The molecule has 0 radical (unpaired) electrons. The van der Waals surface area contributed by atoms with Crippen LogP contribution in [0.1, 0.15) is 11.6 Å². The van der Waals surface area contributed by atoms with Gasteiger partial charge in [-0.1, -0.05) is 18.2 Å². The number of piperazine rings is 1. The fourth-order valence-corrected chi connectivity index (χ4v) is 2.55. The summed E-state index contributed by atoms with van der Waals surface area (Å²) in [5.41, 5.74) is 1.63. The van der Waals surface area contributed by atoms with Gasteiger partial charge in [0.25, 0.3) is 0 Å². The summed E-state index contributed by atoms with van der Waals surface area (Å²) in [7, 11) is -3.24. The van der Waals surface area contributed by atoms with Crippen molar-refractivity contribution in [1.29, 1.82) is 0 Å². The van der Waals surface area contributed by atoms with Crippen molar-refractivity contribution in [3.05, 3.63) is 29.8 Å². The van der Waals surface area contributed by atoms with Crippen LogP contribution in [0.15, 0.2) is 24.3 Å². The molecule has 0 saturated carbocycles. The Labute approximate surface area is 102 Å². The van der Waals surface area contributed by atoms with E-state index >= 15 is 0 Å². The standard InChI is InChI=1S/C11H17N3O2S/c1-17(15,16)14-10-5-3-2-4-9(10)11-8-12-6-7-13-11/h2-5,11-14H,6-8H2,1H3. The van der Waals surface area contributed by atoms with E-state index in [-0.39, 0.29) is 6.04 Å². The highest BCUT2D eigenvalue weighted by atomic mass is 32.2. The Morgan fingerprint density at radius 2 is 2.06 bits per heavy atom. The third kappa shape index (κ3) is 3.42. The van der Waals surface area contributed by atoms with Crippen molar-refractivity contribution in [3.8, 4) is 0 Å². The lowest BCUT2D eigenvalue weighted by Gasteiger charge is -2.26. The molecule has 1 aliphatic rings. The maximum absolute atomic E-state index is 11.3. The molecule has 0 spiro atoms. The predicted octanol–water partition coefficient (Wildman–Crippen LogP) is 0.292. The summed E-state index contributed by atoms with van der Waals surface area (Å²) in [6.07, 6.45) is 1.16. The Morgan fingerprint density at radius 1 is 1.29 bits per heavy atom. The number of para-hydroxylation sites is 1. The second-order valence-electron chi connectivity index (χ2n) is 4.17. The van der Waals surface area contributed by atoms with Gasteiger partial charge in [0.05, 0.1) is 11.9 Å². The van der Waals surface area contributed by atoms with E-state index in [4.69, 9.17) is 0 Å². The molecular weight excluding hydrogens is 238 g/mol. The van der Waals surface area contributed by atoms with Crippen LogP contribution in [0.5, 0.6) is 0 Å². The molecule has 94 valence electrons. The van der Waals surface area contributed by atoms with Crippen LogP contribution < -0.4 is 15.4 Å². The molecule has 6 heteroatoms. The minimum absolute atomic E-state index is 0.147. The Kier molecular flexibility index (Phi) is 3.66. The van der Waals surface area contributed by atoms with E-state index in [0.717, 1.165) is 31.5 Å². The van der Waals surface area contributed by atoms with Gasteiger partial charge in [-0.3, -0.25) is 4.72 Å². The van der Waals surface area contributed by atoms with Gasteiger partial charge in [-0.15, -0.1) is 0 Å². The van der Waals surface area contributed by atoms with Crippen molar-refractivity contribution in [2.45, 2.75) is 6.04 Å². The van der Waals surface area contributed by atoms with Crippen molar-refractivity contribution in [2.75, 3.05) is 30.6 Å². The van der Waals surface area contributed by atoms with E-state index in [2.05, 4.69) is 15.4 Å². The van der Waals surface area contributed by atoms with Crippen molar-refractivity contribution >= 4 is 15.7 Å². The Bertz CT molecular complexity index is 481. The van der Waals surface area contributed by atoms with Crippen LogP contribution in [-0.4, -0.2) is 34.3 Å². The molecule has 1 fully saturated rings. The molecule has 0 amide bonds. The van der Waals surface area contributed by atoms with Crippen LogP contribution in [0.25, 0.3) is 0 Å². The monoisotopic (exact) mass is 255 g/mol. The van der Waals surface area contributed by atoms with Crippen LogP contribution >= 0.6 is 0 Å². The molecule has 0 bridgehead atoms. The number of anilines is 1. The van der Waals surface area contributed by atoms with Gasteiger partial charge in [0.2, 0.25) is 10.0 Å². The predicted molar refractivity (Wildman–Crippen MR) is 68.5 cm³/mol. The Morgan fingerprint density at radius 3 is 2.71 bits per heavy atom. The molecule has 1 aromatic carbocycles. The smallest absolute Gasteiger partial charge is 0.229 e. The maximum Gasteiger partial charge on any atom is 0.229 e. The van der Waals surface area contributed by atoms with Gasteiger partial charge in [0.15, 0.2) is 0 Å². The zero-order valence-corrected chi connectivity index (χ0v) is 10.5. The number of hydrogen-bond acceptors (Lipinski definition) is 4. The van der Waals surface area contributed by atoms with Gasteiger partial charge in [0, 0.05) is 25.7 Å². The van der Waals surface area contributed by atoms with Gasteiger partial charge in [-0.2, -0.15) is 0 Å². The second kappa shape index (κ2) is 5.03. The van der Waals surface area contributed by atoms with Crippen LogP contribution in [0.2, 0.25) is 0 Å². The van der Waals surface area contributed by atoms with Gasteiger partial charge in [0.1, 0.15) is 0 Å². The first-order chi connectivity index (χ1) is 8.06. The molecule has 17 heavy (non-hydrogen) atoms. The molecule has 1 atom stereocenters. The van der Waals surface area contributed by atoms with E-state index in [9.17, 15) is 8.42 Å². The molecule has 1 aromatic rings. The lowest BCUT2D eigenvalue weighted by atomic mass is 10.0. The molecular formula is C11H17N3O2S. The van der Waals surface area contributed by atoms with Crippen molar-refractivity contribution in [2.24, 2.45) is 0 Å². The lowest BCUT2D eigenvalue weighted by molar-refractivity contribution is 0.431. The normalized spacial score (nSPS) is 21.1. The zero-order valence-electron chi connectivity index (χ0n) is 9.73. The Hall–Kier alpha value is -1.11. The number of benzene rings is 1. The fraction of sp³-hybridized carbons (Fsp3) is 0.455. The van der Waals surface area contributed by atoms with E-state index in [0.29, 0.717) is 5.69 Å². The molecule has 3 N–H and O–H groups in total. The highest BCUT2D eigenvalue weighted by molar-refractivity contribution is 7.92. The summed E-state index contributed by atoms with van der Waals surface area (Å²) in [6.45, 7) is 2.64. The fourth-order valence-electron chi connectivity index (χ4n) is 1.97. The molecule has 1 aliphatic heterocycles. The first-order valence-corrected chi connectivity index (χ1v) is 7.46. The molecule has 5 nitrogen and oxygen atoms in total. The van der Waals surface area contributed by atoms with Gasteiger partial charge >= 0.3 is 0 Å². The van der Waals surface area contributed by atoms with Crippen LogP contribution in [-0.2, 0) is 10.0 Å². The summed E-state index contributed by atoms with van der Waals surface area (Å²) < 4.78 is 25.1. The van der Waals surface area contributed by atoms with Gasteiger partial charge in [-0.05, 0) is 11.6 Å². The average molecular weight is 255 g/mol. The average Bonchev–Trinajstić information content (AvgIpc) is 2.29.